The number of aryl methyl sites for hydroxylation is 1. The minimum Gasteiger partial charge on any atom is -0.504 e. The van der Waals surface area contributed by atoms with E-state index in [1.165, 1.54) is 6.07 Å². The standard InChI is InChI=1S/C14H13F2NO3S/c1-2-9-5-3-4-6-12(9)17-21(19,20)13-8-10(15)7-11(16)14(13)18/h3-8,17-18H,2H2,1H3. The van der Waals surface area contributed by atoms with Crippen molar-refractivity contribution in [2.75, 3.05) is 4.72 Å². The number of hydrogen-bond acceptors (Lipinski definition) is 3. The molecule has 0 amide bonds. The summed E-state index contributed by atoms with van der Waals surface area (Å²) in [7, 11) is -4.30. The van der Waals surface area contributed by atoms with E-state index in [1.807, 2.05) is 6.92 Å². The molecule has 112 valence electrons. The van der Waals surface area contributed by atoms with Crippen LogP contribution in [-0.4, -0.2) is 13.5 Å². The zero-order valence-electron chi connectivity index (χ0n) is 11.1. The number of benzene rings is 2. The molecule has 4 nitrogen and oxygen atoms in total. The number of rotatable bonds is 4. The molecule has 7 heteroatoms. The summed E-state index contributed by atoms with van der Waals surface area (Å²) < 4.78 is 53.1. The Kier molecular flexibility index (Phi) is 4.13. The van der Waals surface area contributed by atoms with Crippen LogP contribution < -0.4 is 4.72 Å². The van der Waals surface area contributed by atoms with Crippen LogP contribution in [0.4, 0.5) is 14.5 Å². The number of anilines is 1. The zero-order valence-corrected chi connectivity index (χ0v) is 11.9. The number of para-hydroxylation sites is 1. The van der Waals surface area contributed by atoms with Crippen molar-refractivity contribution >= 4 is 15.7 Å². The van der Waals surface area contributed by atoms with Crippen LogP contribution in [0.15, 0.2) is 41.3 Å². The molecule has 0 fully saturated rings. The van der Waals surface area contributed by atoms with Crippen molar-refractivity contribution < 1.29 is 22.3 Å². The van der Waals surface area contributed by atoms with Crippen molar-refractivity contribution in [2.24, 2.45) is 0 Å². The van der Waals surface area contributed by atoms with Crippen molar-refractivity contribution in [3.05, 3.63) is 53.6 Å². The second-order valence-corrected chi connectivity index (χ2v) is 6.00. The lowest BCUT2D eigenvalue weighted by Crippen LogP contribution is -2.15. The Morgan fingerprint density at radius 2 is 1.86 bits per heavy atom. The molecule has 0 bridgehead atoms. The summed E-state index contributed by atoms with van der Waals surface area (Å²) in [6.45, 7) is 1.84. The number of phenolic OH excluding ortho intramolecular Hbond substituents is 1. The van der Waals surface area contributed by atoms with Crippen molar-refractivity contribution in [1.82, 2.24) is 0 Å². The monoisotopic (exact) mass is 313 g/mol. The van der Waals surface area contributed by atoms with Gasteiger partial charge in [-0.05, 0) is 24.1 Å². The third kappa shape index (κ3) is 3.13. The second kappa shape index (κ2) is 5.69. The van der Waals surface area contributed by atoms with E-state index in [0.29, 0.717) is 24.2 Å². The third-order valence-corrected chi connectivity index (χ3v) is 4.30. The van der Waals surface area contributed by atoms with Crippen LogP contribution >= 0.6 is 0 Å². The molecule has 0 heterocycles. The van der Waals surface area contributed by atoms with Gasteiger partial charge in [0, 0.05) is 6.07 Å². The fourth-order valence-electron chi connectivity index (χ4n) is 1.88. The largest absolute Gasteiger partial charge is 0.504 e. The van der Waals surface area contributed by atoms with Gasteiger partial charge < -0.3 is 5.11 Å². The van der Waals surface area contributed by atoms with E-state index in [0.717, 1.165) is 5.56 Å². The number of hydrogen-bond donors (Lipinski definition) is 2. The van der Waals surface area contributed by atoms with Crippen molar-refractivity contribution in [3.8, 4) is 5.75 Å². The Bertz CT molecular complexity index is 776. The summed E-state index contributed by atoms with van der Waals surface area (Å²) >= 11 is 0. The molecule has 2 aromatic rings. The molecule has 2 aromatic carbocycles. The predicted molar refractivity (Wildman–Crippen MR) is 74.7 cm³/mol. The van der Waals surface area contributed by atoms with Gasteiger partial charge in [-0.15, -0.1) is 0 Å². The average molecular weight is 313 g/mol. The summed E-state index contributed by atoms with van der Waals surface area (Å²) in [5, 5.41) is 9.50. The molecule has 0 atom stereocenters. The lowest BCUT2D eigenvalue weighted by Gasteiger charge is -2.12. The summed E-state index contributed by atoms with van der Waals surface area (Å²) in [5.74, 6) is -3.54. The predicted octanol–water partition coefficient (Wildman–Crippen LogP) is 3.03. The highest BCUT2D eigenvalue weighted by Crippen LogP contribution is 2.29. The lowest BCUT2D eigenvalue weighted by molar-refractivity contribution is 0.412. The van der Waals surface area contributed by atoms with Gasteiger partial charge in [-0.3, -0.25) is 4.72 Å². The van der Waals surface area contributed by atoms with Gasteiger partial charge in [0.05, 0.1) is 5.69 Å². The second-order valence-electron chi connectivity index (χ2n) is 4.35. The van der Waals surface area contributed by atoms with Gasteiger partial charge in [0.2, 0.25) is 0 Å². The molecule has 0 aliphatic rings. The molecule has 0 saturated carbocycles. The molecule has 0 radical (unpaired) electrons. The highest BCUT2D eigenvalue weighted by atomic mass is 32.2. The Balaban J connectivity index is 2.49. The Morgan fingerprint density at radius 3 is 2.52 bits per heavy atom. The van der Waals surface area contributed by atoms with Gasteiger partial charge in [-0.1, -0.05) is 25.1 Å². The Hall–Kier alpha value is -2.15. The van der Waals surface area contributed by atoms with Crippen molar-refractivity contribution in [3.63, 3.8) is 0 Å². The molecular weight excluding hydrogens is 300 g/mol. The molecule has 21 heavy (non-hydrogen) atoms. The Morgan fingerprint density at radius 1 is 1.19 bits per heavy atom. The minimum absolute atomic E-state index is 0.295. The maximum absolute atomic E-state index is 13.3. The number of halogens is 2. The first kappa shape index (κ1) is 15.2. The van der Waals surface area contributed by atoms with Crippen molar-refractivity contribution in [1.29, 1.82) is 0 Å². The van der Waals surface area contributed by atoms with Gasteiger partial charge in [0.15, 0.2) is 11.6 Å². The van der Waals surface area contributed by atoms with E-state index in [2.05, 4.69) is 4.72 Å². The van der Waals surface area contributed by atoms with E-state index < -0.39 is 32.3 Å². The van der Waals surface area contributed by atoms with Gasteiger partial charge in [0.25, 0.3) is 10.0 Å². The van der Waals surface area contributed by atoms with Crippen LogP contribution in [0.25, 0.3) is 0 Å². The van der Waals surface area contributed by atoms with Crippen LogP contribution in [0.1, 0.15) is 12.5 Å². The Labute approximate surface area is 121 Å². The zero-order chi connectivity index (χ0) is 15.6. The van der Waals surface area contributed by atoms with Crippen LogP contribution in [0.3, 0.4) is 0 Å². The molecular formula is C14H13F2NO3S. The summed E-state index contributed by atoms with van der Waals surface area (Å²) in [5.41, 5.74) is 1.02. The summed E-state index contributed by atoms with van der Waals surface area (Å²) in [6, 6.07) is 7.61. The normalized spacial score (nSPS) is 11.4. The molecule has 2 rings (SSSR count). The first-order chi connectivity index (χ1) is 9.85. The highest BCUT2D eigenvalue weighted by Gasteiger charge is 2.23. The van der Waals surface area contributed by atoms with Crippen LogP contribution in [0, 0.1) is 11.6 Å². The number of phenols is 1. The van der Waals surface area contributed by atoms with Gasteiger partial charge in [-0.2, -0.15) is 0 Å². The SMILES string of the molecule is CCc1ccccc1NS(=O)(=O)c1cc(F)cc(F)c1O. The summed E-state index contributed by atoms with van der Waals surface area (Å²) in [6.07, 6.45) is 0.572. The lowest BCUT2D eigenvalue weighted by atomic mass is 10.1. The first-order valence-electron chi connectivity index (χ1n) is 6.14. The fraction of sp³-hybridized carbons (Fsp3) is 0.143. The van der Waals surface area contributed by atoms with E-state index >= 15 is 0 Å². The van der Waals surface area contributed by atoms with Crippen LogP contribution in [0.2, 0.25) is 0 Å². The van der Waals surface area contributed by atoms with E-state index in [4.69, 9.17) is 0 Å². The molecule has 0 saturated heterocycles. The maximum Gasteiger partial charge on any atom is 0.265 e. The fourth-order valence-corrected chi connectivity index (χ4v) is 3.09. The highest BCUT2D eigenvalue weighted by molar-refractivity contribution is 7.92. The summed E-state index contributed by atoms with van der Waals surface area (Å²) in [4.78, 5) is -0.842. The van der Waals surface area contributed by atoms with Crippen LogP contribution in [0.5, 0.6) is 5.75 Å². The van der Waals surface area contributed by atoms with Crippen LogP contribution in [-0.2, 0) is 16.4 Å². The number of sulfonamides is 1. The molecule has 0 unspecified atom stereocenters. The minimum atomic E-state index is -4.30. The number of aromatic hydroxyl groups is 1. The molecule has 0 aliphatic heterocycles. The third-order valence-electron chi connectivity index (χ3n) is 2.93. The topological polar surface area (TPSA) is 66.4 Å². The molecule has 0 aromatic heterocycles. The smallest absolute Gasteiger partial charge is 0.265 e. The van der Waals surface area contributed by atoms with Gasteiger partial charge in [0.1, 0.15) is 10.7 Å². The van der Waals surface area contributed by atoms with E-state index in [-0.39, 0.29) is 0 Å². The quantitative estimate of drug-likeness (QED) is 0.912. The van der Waals surface area contributed by atoms with Gasteiger partial charge >= 0.3 is 0 Å². The van der Waals surface area contributed by atoms with E-state index in [1.54, 1.807) is 18.2 Å². The molecule has 0 aliphatic carbocycles. The molecule has 2 N–H and O–H groups in total. The maximum atomic E-state index is 13.3. The van der Waals surface area contributed by atoms with Gasteiger partial charge in [-0.25, -0.2) is 17.2 Å². The first-order valence-corrected chi connectivity index (χ1v) is 7.62. The van der Waals surface area contributed by atoms with E-state index in [9.17, 15) is 22.3 Å². The average Bonchev–Trinajstić information content (AvgIpc) is 2.43. The van der Waals surface area contributed by atoms with Crippen molar-refractivity contribution in [2.45, 2.75) is 18.2 Å². The molecule has 0 spiro atoms. The number of nitrogens with one attached hydrogen (secondary N) is 1.